The van der Waals surface area contributed by atoms with E-state index in [9.17, 15) is 21.6 Å². The molecule has 2 atom stereocenters. The number of alkyl halides is 3. The van der Waals surface area contributed by atoms with Gasteiger partial charge in [0.1, 0.15) is 0 Å². The van der Waals surface area contributed by atoms with E-state index in [1.807, 2.05) is 11.8 Å². The van der Waals surface area contributed by atoms with Gasteiger partial charge < -0.3 is 10.6 Å². The molecule has 8 heteroatoms. The van der Waals surface area contributed by atoms with Crippen LogP contribution in [0.4, 0.5) is 18.9 Å². The molecule has 2 unspecified atom stereocenters. The molecule has 0 bridgehead atoms. The van der Waals surface area contributed by atoms with Crippen LogP contribution < -0.4 is 10.6 Å². The zero-order chi connectivity index (χ0) is 15.8. The number of nitrogens with two attached hydrogens (primary N) is 1. The van der Waals surface area contributed by atoms with Crippen LogP contribution in [0.25, 0.3) is 0 Å². The number of nitrogens with zero attached hydrogens (tertiary/aromatic N) is 1. The second kappa shape index (κ2) is 5.49. The Hall–Kier alpha value is -1.28. The van der Waals surface area contributed by atoms with Gasteiger partial charge in [-0.2, -0.15) is 13.2 Å². The van der Waals surface area contributed by atoms with Gasteiger partial charge in [-0.25, -0.2) is 8.42 Å². The summed E-state index contributed by atoms with van der Waals surface area (Å²) in [6.07, 6.45) is 0.795. The van der Waals surface area contributed by atoms with Crippen LogP contribution in [-0.2, 0) is 9.84 Å². The SMILES string of the molecule is CC1CN(c2ccc(S(=O)(=O)C(F)(F)F)cc2)CCC1N. The van der Waals surface area contributed by atoms with Crippen molar-refractivity contribution in [2.75, 3.05) is 18.0 Å². The van der Waals surface area contributed by atoms with Gasteiger partial charge in [0.2, 0.25) is 0 Å². The van der Waals surface area contributed by atoms with E-state index in [-0.39, 0.29) is 12.0 Å². The molecule has 0 saturated carbocycles. The van der Waals surface area contributed by atoms with Crippen molar-refractivity contribution in [3.8, 4) is 0 Å². The highest BCUT2D eigenvalue weighted by Gasteiger charge is 2.46. The summed E-state index contributed by atoms with van der Waals surface area (Å²) in [6.45, 7) is 3.42. The largest absolute Gasteiger partial charge is 0.501 e. The predicted octanol–water partition coefficient (Wildman–Crippen LogP) is 2.15. The zero-order valence-electron chi connectivity index (χ0n) is 11.5. The standard InChI is InChI=1S/C13H17F3N2O2S/c1-9-8-18(7-6-12(9)17)10-2-4-11(5-3-10)21(19,20)13(14,15)16/h2-5,9,12H,6-8,17H2,1H3. The lowest BCUT2D eigenvalue weighted by atomic mass is 9.94. The van der Waals surface area contributed by atoms with Crippen LogP contribution in [0.5, 0.6) is 0 Å². The fourth-order valence-corrected chi connectivity index (χ4v) is 3.13. The highest BCUT2D eigenvalue weighted by Crippen LogP contribution is 2.31. The lowest BCUT2D eigenvalue weighted by molar-refractivity contribution is -0.0436. The summed E-state index contributed by atoms with van der Waals surface area (Å²) in [6, 6.07) is 4.92. The summed E-state index contributed by atoms with van der Waals surface area (Å²) >= 11 is 0. The first-order valence-corrected chi connectivity index (χ1v) is 8.03. The Labute approximate surface area is 121 Å². The second-order valence-electron chi connectivity index (χ2n) is 5.32. The first kappa shape index (κ1) is 16.1. The fraction of sp³-hybridized carbons (Fsp3) is 0.538. The molecule has 0 spiro atoms. The molecule has 0 aromatic heterocycles. The van der Waals surface area contributed by atoms with E-state index in [0.29, 0.717) is 18.8 Å². The number of sulfone groups is 1. The molecule has 1 aromatic rings. The third-order valence-electron chi connectivity index (χ3n) is 3.79. The van der Waals surface area contributed by atoms with Crippen molar-refractivity contribution >= 4 is 15.5 Å². The van der Waals surface area contributed by atoms with Crippen molar-refractivity contribution < 1.29 is 21.6 Å². The van der Waals surface area contributed by atoms with Crippen LogP contribution in [0.2, 0.25) is 0 Å². The summed E-state index contributed by atoms with van der Waals surface area (Å²) in [5.74, 6) is 0.275. The summed E-state index contributed by atoms with van der Waals surface area (Å²) in [4.78, 5) is 1.26. The van der Waals surface area contributed by atoms with Gasteiger partial charge in [0, 0.05) is 24.8 Å². The van der Waals surface area contributed by atoms with Crippen molar-refractivity contribution in [2.24, 2.45) is 11.7 Å². The van der Waals surface area contributed by atoms with E-state index in [2.05, 4.69) is 0 Å². The third-order valence-corrected chi connectivity index (χ3v) is 5.29. The molecule has 1 saturated heterocycles. The van der Waals surface area contributed by atoms with Gasteiger partial charge in [-0.3, -0.25) is 0 Å². The third kappa shape index (κ3) is 3.16. The van der Waals surface area contributed by atoms with Crippen molar-refractivity contribution in [1.29, 1.82) is 0 Å². The summed E-state index contributed by atoms with van der Waals surface area (Å²) in [5, 5.41) is 0. The average molecular weight is 322 g/mol. The number of benzene rings is 1. The Bertz CT molecular complexity index is 599. The van der Waals surface area contributed by atoms with Gasteiger partial charge in [-0.05, 0) is 36.6 Å². The molecule has 2 N–H and O–H groups in total. The average Bonchev–Trinajstić information content (AvgIpc) is 2.41. The Balaban J connectivity index is 2.21. The van der Waals surface area contributed by atoms with E-state index in [4.69, 9.17) is 5.73 Å². The number of piperidine rings is 1. The van der Waals surface area contributed by atoms with Gasteiger partial charge in [0.25, 0.3) is 9.84 Å². The van der Waals surface area contributed by atoms with Crippen molar-refractivity contribution in [1.82, 2.24) is 0 Å². The van der Waals surface area contributed by atoms with E-state index < -0.39 is 20.2 Å². The first-order valence-electron chi connectivity index (χ1n) is 6.55. The molecule has 0 radical (unpaired) electrons. The minimum absolute atomic E-state index is 0.117. The first-order chi connectivity index (χ1) is 9.63. The number of rotatable bonds is 2. The monoisotopic (exact) mass is 322 g/mol. The Kier molecular flexibility index (Phi) is 4.21. The molecular formula is C13H17F3N2O2S. The van der Waals surface area contributed by atoms with Crippen molar-refractivity contribution in [2.45, 2.75) is 29.8 Å². The van der Waals surface area contributed by atoms with Crippen molar-refractivity contribution in [3.63, 3.8) is 0 Å². The summed E-state index contributed by atoms with van der Waals surface area (Å²) in [5.41, 5.74) is 1.34. The topological polar surface area (TPSA) is 63.4 Å². The number of hydrogen-bond acceptors (Lipinski definition) is 4. The van der Waals surface area contributed by atoms with Crippen molar-refractivity contribution in [3.05, 3.63) is 24.3 Å². The summed E-state index contributed by atoms with van der Waals surface area (Å²) < 4.78 is 59.9. The second-order valence-corrected chi connectivity index (χ2v) is 7.26. The van der Waals surface area contributed by atoms with Crippen LogP contribution >= 0.6 is 0 Å². The Morgan fingerprint density at radius 2 is 1.81 bits per heavy atom. The van der Waals surface area contributed by atoms with Crippen LogP contribution in [0.15, 0.2) is 29.2 Å². The summed E-state index contributed by atoms with van der Waals surface area (Å²) in [7, 11) is -5.28. The maximum atomic E-state index is 12.5. The van der Waals surface area contributed by atoms with Gasteiger partial charge in [-0.15, -0.1) is 0 Å². The smallest absolute Gasteiger partial charge is 0.371 e. The zero-order valence-corrected chi connectivity index (χ0v) is 12.3. The van der Waals surface area contributed by atoms with E-state index in [1.54, 1.807) is 0 Å². The van der Waals surface area contributed by atoms with Gasteiger partial charge >= 0.3 is 5.51 Å². The predicted molar refractivity (Wildman–Crippen MR) is 73.7 cm³/mol. The molecule has 1 aliphatic rings. The molecule has 0 amide bonds. The molecule has 1 heterocycles. The maximum absolute atomic E-state index is 12.5. The van der Waals surface area contributed by atoms with Gasteiger partial charge in [-0.1, -0.05) is 6.92 Å². The highest BCUT2D eigenvalue weighted by molar-refractivity contribution is 7.92. The molecule has 1 aromatic carbocycles. The van der Waals surface area contributed by atoms with E-state index in [1.165, 1.54) is 12.1 Å². The lowest BCUT2D eigenvalue weighted by Gasteiger charge is -2.36. The highest BCUT2D eigenvalue weighted by atomic mass is 32.2. The van der Waals surface area contributed by atoms with Crippen LogP contribution in [0.3, 0.4) is 0 Å². The maximum Gasteiger partial charge on any atom is 0.501 e. The molecule has 1 aliphatic heterocycles. The van der Waals surface area contributed by atoms with Crippen LogP contribution in [-0.4, -0.2) is 33.1 Å². The molecule has 21 heavy (non-hydrogen) atoms. The minimum atomic E-state index is -5.28. The molecule has 4 nitrogen and oxygen atoms in total. The molecule has 2 rings (SSSR count). The van der Waals surface area contributed by atoms with Crippen LogP contribution in [0, 0.1) is 5.92 Å². The number of halogens is 3. The molecule has 0 aliphatic carbocycles. The number of hydrogen-bond donors (Lipinski definition) is 1. The van der Waals surface area contributed by atoms with Crippen LogP contribution in [0.1, 0.15) is 13.3 Å². The Morgan fingerprint density at radius 1 is 1.24 bits per heavy atom. The lowest BCUT2D eigenvalue weighted by Crippen LogP contribution is -2.45. The quantitative estimate of drug-likeness (QED) is 0.906. The fourth-order valence-electron chi connectivity index (χ4n) is 2.37. The van der Waals surface area contributed by atoms with Gasteiger partial charge in [0.05, 0.1) is 4.90 Å². The Morgan fingerprint density at radius 3 is 2.29 bits per heavy atom. The molecule has 1 fully saturated rings. The minimum Gasteiger partial charge on any atom is -0.371 e. The van der Waals surface area contributed by atoms with E-state index >= 15 is 0 Å². The van der Waals surface area contributed by atoms with Gasteiger partial charge in [0.15, 0.2) is 0 Å². The number of anilines is 1. The molecular weight excluding hydrogens is 305 g/mol. The van der Waals surface area contributed by atoms with E-state index in [0.717, 1.165) is 18.6 Å². The molecule has 118 valence electrons. The normalized spacial score (nSPS) is 24.1.